The van der Waals surface area contributed by atoms with Gasteiger partial charge < -0.3 is 5.11 Å². The molecule has 0 fully saturated rings. The fourth-order valence-corrected chi connectivity index (χ4v) is 0.405. The van der Waals surface area contributed by atoms with Crippen molar-refractivity contribution in [2.45, 2.75) is 26.4 Å². The van der Waals surface area contributed by atoms with E-state index < -0.39 is 5.60 Å². The predicted octanol–water partition coefficient (Wildman–Crippen LogP) is 1.89. The third-order valence-electron chi connectivity index (χ3n) is 1.15. The quantitative estimate of drug-likeness (QED) is 0.560. The molecule has 0 unspecified atom stereocenters. The Kier molecular flexibility index (Phi) is 2.65. The molecule has 0 spiro atoms. The Morgan fingerprint density at radius 3 is 2.11 bits per heavy atom. The molecular weight excluding hydrogens is 112 g/mol. The molecule has 0 aromatic rings. The van der Waals surface area contributed by atoms with E-state index in [1.807, 2.05) is 13.0 Å². The predicted molar refractivity (Wildman–Crippen MR) is 40.3 cm³/mol. The SMILES string of the molecule is C=C(C=CC)C(C)(C)O. The van der Waals surface area contributed by atoms with Crippen LogP contribution in [0.4, 0.5) is 0 Å². The van der Waals surface area contributed by atoms with Crippen LogP contribution in [0.5, 0.6) is 0 Å². The van der Waals surface area contributed by atoms with E-state index in [-0.39, 0.29) is 0 Å². The van der Waals surface area contributed by atoms with Gasteiger partial charge >= 0.3 is 0 Å². The fraction of sp³-hybridized carbons (Fsp3) is 0.500. The van der Waals surface area contributed by atoms with Crippen molar-refractivity contribution < 1.29 is 5.11 Å². The van der Waals surface area contributed by atoms with E-state index in [1.165, 1.54) is 0 Å². The van der Waals surface area contributed by atoms with Crippen LogP contribution in [-0.4, -0.2) is 10.7 Å². The second-order valence-electron chi connectivity index (χ2n) is 2.58. The molecule has 0 saturated heterocycles. The van der Waals surface area contributed by atoms with E-state index in [1.54, 1.807) is 19.9 Å². The largest absolute Gasteiger partial charge is 0.386 e. The van der Waals surface area contributed by atoms with Crippen LogP contribution < -0.4 is 0 Å². The van der Waals surface area contributed by atoms with Crippen molar-refractivity contribution in [1.29, 1.82) is 0 Å². The summed E-state index contributed by atoms with van der Waals surface area (Å²) in [4.78, 5) is 0. The van der Waals surface area contributed by atoms with E-state index in [4.69, 9.17) is 0 Å². The topological polar surface area (TPSA) is 20.2 Å². The smallest absolute Gasteiger partial charge is 0.0834 e. The second kappa shape index (κ2) is 2.83. The average Bonchev–Trinajstić information content (AvgIpc) is 1.64. The summed E-state index contributed by atoms with van der Waals surface area (Å²) < 4.78 is 0. The molecule has 0 bridgehead atoms. The maximum absolute atomic E-state index is 9.27. The lowest BCUT2D eigenvalue weighted by molar-refractivity contribution is 0.124. The zero-order valence-corrected chi connectivity index (χ0v) is 6.31. The number of aliphatic hydroxyl groups is 1. The van der Waals surface area contributed by atoms with E-state index >= 15 is 0 Å². The van der Waals surface area contributed by atoms with Gasteiger partial charge in [0.25, 0.3) is 0 Å². The van der Waals surface area contributed by atoms with Crippen LogP contribution in [0.15, 0.2) is 24.3 Å². The Morgan fingerprint density at radius 2 is 2.00 bits per heavy atom. The minimum atomic E-state index is -0.771. The molecule has 0 aliphatic heterocycles. The van der Waals surface area contributed by atoms with Gasteiger partial charge in [-0.3, -0.25) is 0 Å². The first-order valence-corrected chi connectivity index (χ1v) is 3.03. The second-order valence-corrected chi connectivity index (χ2v) is 2.58. The van der Waals surface area contributed by atoms with Crippen LogP contribution in [0.25, 0.3) is 0 Å². The Labute approximate surface area is 56.7 Å². The van der Waals surface area contributed by atoms with Gasteiger partial charge in [0.2, 0.25) is 0 Å². The normalized spacial score (nSPS) is 12.4. The first-order valence-electron chi connectivity index (χ1n) is 3.03. The van der Waals surface area contributed by atoms with E-state index in [2.05, 4.69) is 6.58 Å². The minimum Gasteiger partial charge on any atom is -0.386 e. The Bertz CT molecular complexity index is 126. The summed E-state index contributed by atoms with van der Waals surface area (Å²) in [6, 6.07) is 0. The van der Waals surface area contributed by atoms with Crippen LogP contribution in [0.2, 0.25) is 0 Å². The van der Waals surface area contributed by atoms with Gasteiger partial charge in [-0.2, -0.15) is 0 Å². The minimum absolute atomic E-state index is 0.741. The highest BCUT2D eigenvalue weighted by atomic mass is 16.3. The zero-order chi connectivity index (χ0) is 7.49. The van der Waals surface area contributed by atoms with Crippen LogP contribution in [0.3, 0.4) is 0 Å². The molecule has 1 heteroatoms. The first kappa shape index (κ1) is 8.44. The van der Waals surface area contributed by atoms with E-state index in [0.717, 1.165) is 5.57 Å². The summed E-state index contributed by atoms with van der Waals surface area (Å²) in [5.41, 5.74) is -0.0306. The van der Waals surface area contributed by atoms with Crippen molar-refractivity contribution in [3.05, 3.63) is 24.3 Å². The number of hydrogen-bond acceptors (Lipinski definition) is 1. The summed E-state index contributed by atoms with van der Waals surface area (Å²) in [6.45, 7) is 9.01. The fourth-order valence-electron chi connectivity index (χ4n) is 0.405. The molecule has 0 aliphatic carbocycles. The standard InChI is InChI=1S/C8H14O/c1-5-6-7(2)8(3,4)9/h5-6,9H,2H2,1,3-4H3. The van der Waals surface area contributed by atoms with E-state index in [9.17, 15) is 5.11 Å². The van der Waals surface area contributed by atoms with Gasteiger partial charge in [0.1, 0.15) is 0 Å². The summed E-state index contributed by atoms with van der Waals surface area (Å²) in [5.74, 6) is 0. The molecule has 1 nitrogen and oxygen atoms in total. The van der Waals surface area contributed by atoms with Crippen molar-refractivity contribution >= 4 is 0 Å². The van der Waals surface area contributed by atoms with Crippen molar-refractivity contribution in [3.63, 3.8) is 0 Å². The lowest BCUT2D eigenvalue weighted by Crippen LogP contribution is -2.19. The molecule has 0 aromatic heterocycles. The molecular formula is C8H14O. The third kappa shape index (κ3) is 3.09. The maximum Gasteiger partial charge on any atom is 0.0834 e. The van der Waals surface area contributed by atoms with Gasteiger partial charge in [0.05, 0.1) is 5.60 Å². The number of rotatable bonds is 2. The lowest BCUT2D eigenvalue weighted by atomic mass is 10.00. The highest BCUT2D eigenvalue weighted by Crippen LogP contribution is 2.13. The third-order valence-corrected chi connectivity index (χ3v) is 1.15. The van der Waals surface area contributed by atoms with Crippen molar-refractivity contribution in [1.82, 2.24) is 0 Å². The molecule has 0 saturated carbocycles. The van der Waals surface area contributed by atoms with Crippen LogP contribution in [-0.2, 0) is 0 Å². The van der Waals surface area contributed by atoms with Gasteiger partial charge in [-0.05, 0) is 26.3 Å². The van der Waals surface area contributed by atoms with Gasteiger partial charge in [-0.25, -0.2) is 0 Å². The van der Waals surface area contributed by atoms with Crippen LogP contribution >= 0.6 is 0 Å². The highest BCUT2D eigenvalue weighted by molar-refractivity contribution is 5.22. The molecule has 0 aliphatic rings. The van der Waals surface area contributed by atoms with Gasteiger partial charge in [-0.15, -0.1) is 0 Å². The monoisotopic (exact) mass is 126 g/mol. The van der Waals surface area contributed by atoms with Gasteiger partial charge in [-0.1, -0.05) is 18.7 Å². The molecule has 0 atom stereocenters. The highest BCUT2D eigenvalue weighted by Gasteiger charge is 2.13. The Balaban J connectivity index is 4.06. The molecule has 52 valence electrons. The van der Waals surface area contributed by atoms with Crippen LogP contribution in [0.1, 0.15) is 20.8 Å². The van der Waals surface area contributed by atoms with Crippen molar-refractivity contribution in [3.8, 4) is 0 Å². The Hall–Kier alpha value is -0.560. The molecule has 0 rings (SSSR count). The van der Waals surface area contributed by atoms with E-state index in [0.29, 0.717) is 0 Å². The summed E-state index contributed by atoms with van der Waals surface area (Å²) in [7, 11) is 0. The van der Waals surface area contributed by atoms with Crippen LogP contribution in [0, 0.1) is 0 Å². The van der Waals surface area contributed by atoms with Gasteiger partial charge in [0.15, 0.2) is 0 Å². The Morgan fingerprint density at radius 1 is 1.56 bits per heavy atom. The summed E-state index contributed by atoms with van der Waals surface area (Å²) >= 11 is 0. The lowest BCUT2D eigenvalue weighted by Gasteiger charge is -2.16. The van der Waals surface area contributed by atoms with Gasteiger partial charge in [0, 0.05) is 0 Å². The average molecular weight is 126 g/mol. The molecule has 0 amide bonds. The number of hydrogen-bond donors (Lipinski definition) is 1. The first-order chi connectivity index (χ1) is 3.98. The molecule has 0 radical (unpaired) electrons. The molecule has 9 heavy (non-hydrogen) atoms. The molecule has 0 heterocycles. The van der Waals surface area contributed by atoms with Crippen molar-refractivity contribution in [2.24, 2.45) is 0 Å². The summed E-state index contributed by atoms with van der Waals surface area (Å²) in [6.07, 6.45) is 3.67. The van der Waals surface area contributed by atoms with Crippen molar-refractivity contribution in [2.75, 3.05) is 0 Å². The number of allylic oxidation sites excluding steroid dienone is 1. The molecule has 0 aromatic carbocycles. The molecule has 1 N–H and O–H groups in total. The zero-order valence-electron chi connectivity index (χ0n) is 6.31. The summed E-state index contributed by atoms with van der Waals surface area (Å²) in [5, 5.41) is 9.27. The maximum atomic E-state index is 9.27.